The predicted octanol–water partition coefficient (Wildman–Crippen LogP) is 13.0. The minimum Gasteiger partial charge on any atom is -0.457 e. The van der Waals surface area contributed by atoms with Gasteiger partial charge < -0.3 is 19.4 Å². The minimum atomic E-state index is -0.0326. The van der Waals surface area contributed by atoms with Crippen LogP contribution in [-0.4, -0.2) is 37.4 Å². The van der Waals surface area contributed by atoms with Crippen molar-refractivity contribution >= 4 is 44.6 Å². The summed E-state index contributed by atoms with van der Waals surface area (Å²) in [4.78, 5) is 12.1. The number of hydrogen-bond acceptors (Lipinski definition) is 5. The van der Waals surface area contributed by atoms with Crippen molar-refractivity contribution in [1.29, 1.82) is 0 Å². The number of rotatable bonds is 8. The standard InChI is InChI=1S/C55H51N5O/c1-57(2)44-19-17-40(18-20-44)55(42-26-36-25-37(28-42)29-43(55)27-36)41-23-24-56-54(32-41)60-50-14-8-7-13-48(50)49-22-21-46(34-53(49)60)61-47-31-39(38-11-5-4-6-12-38)30-45(33-47)59-35-58(3)51-15-9-10-16-52(51)59/h4-24,30-34,36-37,42-43H,25-29,35H2,1-3H3. The maximum atomic E-state index is 6.96. The molecule has 3 heterocycles. The third-order valence-electron chi connectivity index (χ3n) is 14.9. The molecule has 0 spiro atoms. The fourth-order valence-electron chi connectivity index (χ4n) is 12.5. The SMILES string of the molecule is CN(C)c1ccc(C2(c3ccnc(-n4c5ccccc5c5ccc(Oc6cc(-c7ccccc7)cc(N7CN(C)c8ccccc87)c6)cc54)c3)C3CC4CC(C3)CC2C4)cc1. The van der Waals surface area contributed by atoms with E-state index in [1.54, 1.807) is 0 Å². The molecule has 13 rings (SSSR count). The highest BCUT2D eigenvalue weighted by molar-refractivity contribution is 6.09. The van der Waals surface area contributed by atoms with Crippen LogP contribution in [0.25, 0.3) is 38.8 Å². The third kappa shape index (κ3) is 5.79. The molecule has 6 aromatic carbocycles. The second-order valence-corrected chi connectivity index (χ2v) is 18.5. The molecular weight excluding hydrogens is 747 g/mol. The molecule has 302 valence electrons. The summed E-state index contributed by atoms with van der Waals surface area (Å²) in [5, 5.41) is 2.40. The molecule has 4 saturated carbocycles. The lowest BCUT2D eigenvalue weighted by Crippen LogP contribution is -2.56. The quantitative estimate of drug-likeness (QED) is 0.153. The van der Waals surface area contributed by atoms with Crippen LogP contribution in [-0.2, 0) is 5.41 Å². The summed E-state index contributed by atoms with van der Waals surface area (Å²) in [5.74, 6) is 5.55. The molecule has 6 nitrogen and oxygen atoms in total. The van der Waals surface area contributed by atoms with E-state index in [0.29, 0.717) is 11.8 Å². The van der Waals surface area contributed by atoms with E-state index in [4.69, 9.17) is 9.72 Å². The highest BCUT2D eigenvalue weighted by atomic mass is 16.5. The Bertz CT molecular complexity index is 2920. The monoisotopic (exact) mass is 797 g/mol. The average molecular weight is 798 g/mol. The number of pyridine rings is 1. The zero-order valence-corrected chi connectivity index (χ0v) is 35.2. The molecule has 0 radical (unpaired) electrons. The number of nitrogens with zero attached hydrogens (tertiary/aromatic N) is 5. The van der Waals surface area contributed by atoms with Crippen LogP contribution in [0.5, 0.6) is 11.5 Å². The molecule has 4 fully saturated rings. The Morgan fingerprint density at radius 3 is 2.07 bits per heavy atom. The number of para-hydroxylation sites is 3. The third-order valence-corrected chi connectivity index (χ3v) is 14.9. The lowest BCUT2D eigenvalue weighted by molar-refractivity contribution is -0.0418. The number of benzene rings is 6. The van der Waals surface area contributed by atoms with E-state index in [9.17, 15) is 0 Å². The number of aromatic nitrogens is 2. The molecule has 5 aliphatic rings. The molecule has 4 bridgehead atoms. The van der Waals surface area contributed by atoms with Crippen LogP contribution in [0.4, 0.5) is 22.7 Å². The van der Waals surface area contributed by atoms with Crippen molar-refractivity contribution in [1.82, 2.24) is 9.55 Å². The smallest absolute Gasteiger partial charge is 0.137 e. The number of fused-ring (bicyclic) bond motifs is 4. The van der Waals surface area contributed by atoms with Gasteiger partial charge in [0, 0.05) is 67.0 Å². The van der Waals surface area contributed by atoms with Crippen LogP contribution < -0.4 is 19.4 Å². The number of anilines is 4. The molecule has 4 aliphatic carbocycles. The molecule has 0 N–H and O–H groups in total. The van der Waals surface area contributed by atoms with Gasteiger partial charge in [-0.25, -0.2) is 4.98 Å². The Balaban J connectivity index is 0.981. The topological polar surface area (TPSA) is 36.8 Å². The van der Waals surface area contributed by atoms with Gasteiger partial charge >= 0.3 is 0 Å². The Morgan fingerprint density at radius 1 is 0.590 bits per heavy atom. The lowest BCUT2D eigenvalue weighted by atomic mass is 9.42. The molecule has 2 aromatic heterocycles. The fourth-order valence-corrected chi connectivity index (χ4v) is 12.5. The van der Waals surface area contributed by atoms with Crippen LogP contribution in [0, 0.1) is 23.7 Å². The minimum absolute atomic E-state index is 0.0326. The van der Waals surface area contributed by atoms with Crippen molar-refractivity contribution in [3.05, 3.63) is 169 Å². The van der Waals surface area contributed by atoms with Gasteiger partial charge in [-0.15, -0.1) is 0 Å². The number of hydrogen-bond donors (Lipinski definition) is 0. The fraction of sp³-hybridized carbons (Fsp3) is 0.255. The second-order valence-electron chi connectivity index (χ2n) is 18.5. The summed E-state index contributed by atoms with van der Waals surface area (Å²) in [6.45, 7) is 0.764. The zero-order valence-electron chi connectivity index (χ0n) is 35.2. The van der Waals surface area contributed by atoms with Gasteiger partial charge in [-0.2, -0.15) is 0 Å². The summed E-state index contributed by atoms with van der Waals surface area (Å²) >= 11 is 0. The van der Waals surface area contributed by atoms with Crippen LogP contribution in [0.15, 0.2) is 158 Å². The summed E-state index contributed by atoms with van der Waals surface area (Å²) in [7, 11) is 6.43. The van der Waals surface area contributed by atoms with E-state index >= 15 is 0 Å². The van der Waals surface area contributed by atoms with Gasteiger partial charge in [0.05, 0.1) is 29.1 Å². The van der Waals surface area contributed by atoms with E-state index < -0.39 is 0 Å². The van der Waals surface area contributed by atoms with Gasteiger partial charge in [0.1, 0.15) is 17.3 Å². The first-order valence-corrected chi connectivity index (χ1v) is 22.1. The summed E-state index contributed by atoms with van der Waals surface area (Å²) in [5.41, 5.74) is 12.1. The van der Waals surface area contributed by atoms with Crippen molar-refractivity contribution < 1.29 is 4.74 Å². The molecule has 0 unspecified atom stereocenters. The first kappa shape index (κ1) is 36.3. The maximum absolute atomic E-state index is 6.96. The van der Waals surface area contributed by atoms with Crippen molar-refractivity contribution in [2.75, 3.05) is 42.5 Å². The van der Waals surface area contributed by atoms with Crippen LogP contribution in [0.3, 0.4) is 0 Å². The van der Waals surface area contributed by atoms with Gasteiger partial charge in [-0.3, -0.25) is 4.57 Å². The highest BCUT2D eigenvalue weighted by Crippen LogP contribution is 2.65. The van der Waals surface area contributed by atoms with E-state index in [1.807, 2.05) is 0 Å². The molecule has 1 aliphatic heterocycles. The summed E-state index contributed by atoms with van der Waals surface area (Å²) < 4.78 is 9.33. The largest absolute Gasteiger partial charge is 0.457 e. The summed E-state index contributed by atoms with van der Waals surface area (Å²) in [6.07, 6.45) is 8.80. The van der Waals surface area contributed by atoms with Gasteiger partial charge in [0.25, 0.3) is 0 Å². The zero-order chi connectivity index (χ0) is 40.8. The molecular formula is C55H51N5O. The van der Waals surface area contributed by atoms with Crippen molar-refractivity contribution in [2.24, 2.45) is 23.7 Å². The molecule has 0 amide bonds. The highest BCUT2D eigenvalue weighted by Gasteiger charge is 2.58. The maximum Gasteiger partial charge on any atom is 0.137 e. The van der Waals surface area contributed by atoms with Crippen molar-refractivity contribution in [3.63, 3.8) is 0 Å². The normalized spacial score (nSPS) is 22.6. The Labute approximate surface area is 358 Å². The molecule has 0 atom stereocenters. The van der Waals surface area contributed by atoms with E-state index in [-0.39, 0.29) is 5.41 Å². The molecule has 61 heavy (non-hydrogen) atoms. The lowest BCUT2D eigenvalue weighted by Gasteiger charge is -2.62. The van der Waals surface area contributed by atoms with Gasteiger partial charge in [-0.1, -0.05) is 72.8 Å². The number of ether oxygens (including phenoxy) is 1. The Morgan fingerprint density at radius 2 is 1.30 bits per heavy atom. The van der Waals surface area contributed by atoms with E-state index in [1.165, 1.54) is 71.1 Å². The first-order chi connectivity index (χ1) is 29.9. The van der Waals surface area contributed by atoms with Crippen molar-refractivity contribution in [3.8, 4) is 28.4 Å². The second kappa shape index (κ2) is 14.0. The Kier molecular flexibility index (Phi) is 8.35. The van der Waals surface area contributed by atoms with Crippen LogP contribution >= 0.6 is 0 Å². The van der Waals surface area contributed by atoms with Gasteiger partial charge in [0.15, 0.2) is 0 Å². The molecule has 6 heteroatoms. The van der Waals surface area contributed by atoms with Gasteiger partial charge in [0.2, 0.25) is 0 Å². The van der Waals surface area contributed by atoms with Crippen LogP contribution in [0.2, 0.25) is 0 Å². The van der Waals surface area contributed by atoms with Crippen molar-refractivity contribution in [2.45, 2.75) is 37.5 Å². The van der Waals surface area contributed by atoms with E-state index in [0.717, 1.165) is 63.7 Å². The molecule has 0 saturated heterocycles. The van der Waals surface area contributed by atoms with Crippen LogP contribution in [0.1, 0.15) is 43.2 Å². The predicted molar refractivity (Wildman–Crippen MR) is 251 cm³/mol. The summed E-state index contributed by atoms with van der Waals surface area (Å²) in [6, 6.07) is 55.6. The molecule has 8 aromatic rings. The average Bonchev–Trinajstić information content (AvgIpc) is 3.81. The van der Waals surface area contributed by atoms with Gasteiger partial charge in [-0.05, 0) is 145 Å². The van der Waals surface area contributed by atoms with E-state index in [2.05, 4.69) is 198 Å². The first-order valence-electron chi connectivity index (χ1n) is 22.1. The Hall–Kier alpha value is -6.53.